The number of aromatic carboxylic acids is 1. The minimum atomic E-state index is -0.978. The van der Waals surface area contributed by atoms with Crippen LogP contribution in [0.4, 0.5) is 0 Å². The second-order valence-electron chi connectivity index (χ2n) is 3.76. The highest BCUT2D eigenvalue weighted by molar-refractivity contribution is 6.45. The van der Waals surface area contributed by atoms with Crippen LogP contribution < -0.4 is 4.74 Å². The van der Waals surface area contributed by atoms with Crippen LogP contribution in [0.3, 0.4) is 0 Å². The van der Waals surface area contributed by atoms with Crippen LogP contribution >= 0.6 is 0 Å². The van der Waals surface area contributed by atoms with Crippen LogP contribution in [0.1, 0.15) is 24.2 Å². The lowest BCUT2D eigenvalue weighted by Crippen LogP contribution is -2.35. The van der Waals surface area contributed by atoms with E-state index in [4.69, 9.17) is 9.84 Å². The number of carboxylic acid groups (broad SMARTS) is 1. The van der Waals surface area contributed by atoms with Gasteiger partial charge < -0.3 is 9.84 Å². The van der Waals surface area contributed by atoms with Crippen molar-refractivity contribution in [2.75, 3.05) is 0 Å². The van der Waals surface area contributed by atoms with E-state index in [1.54, 1.807) is 23.9 Å². The number of hydrogen-bond donors (Lipinski definition) is 1. The predicted molar refractivity (Wildman–Crippen MR) is 64.1 cm³/mol. The minimum Gasteiger partial charge on any atom is -0.491 e. The van der Waals surface area contributed by atoms with Gasteiger partial charge in [-0.05, 0) is 26.0 Å². The first-order valence-electron chi connectivity index (χ1n) is 4.86. The Hall–Kier alpha value is -1.55. The first-order valence-corrected chi connectivity index (χ1v) is 5.94. The molecule has 2 radical (unpaired) electrons. The van der Waals surface area contributed by atoms with Gasteiger partial charge in [0.05, 0.1) is 5.22 Å². The quantitative estimate of drug-likeness (QED) is 0.795. The summed E-state index contributed by atoms with van der Waals surface area (Å²) in [6.07, 6.45) is 0. The van der Waals surface area contributed by atoms with Crippen molar-refractivity contribution in [2.45, 2.75) is 19.1 Å². The number of hydrogen-bond acceptors (Lipinski definition) is 2. The van der Waals surface area contributed by atoms with Crippen LogP contribution in [0, 0.1) is 0 Å². The molecule has 0 aliphatic carbocycles. The molecule has 0 bridgehead atoms. The lowest BCUT2D eigenvalue weighted by Gasteiger charge is -2.25. The molecule has 0 amide bonds. The predicted octanol–water partition coefficient (Wildman–Crippen LogP) is 2.35. The molecular formula is C12H14O3Si. The minimum absolute atomic E-state index is 0.185. The fourth-order valence-electron chi connectivity index (χ4n) is 1.28. The Morgan fingerprint density at radius 1 is 1.50 bits per heavy atom. The zero-order chi connectivity index (χ0) is 12.2. The zero-order valence-corrected chi connectivity index (χ0v) is 10.4. The van der Waals surface area contributed by atoms with E-state index >= 15 is 0 Å². The molecular weight excluding hydrogens is 220 g/mol. The molecule has 0 aromatic heterocycles. The highest BCUT2D eigenvalue weighted by Gasteiger charge is 2.21. The van der Waals surface area contributed by atoms with E-state index < -0.39 is 11.2 Å². The van der Waals surface area contributed by atoms with E-state index in [9.17, 15) is 4.79 Å². The lowest BCUT2D eigenvalue weighted by molar-refractivity contribution is 0.0688. The molecule has 1 N–H and O–H groups in total. The normalized spacial score (nSPS) is 10.9. The maximum absolute atomic E-state index is 11.0. The second kappa shape index (κ2) is 4.98. The number of carboxylic acids is 1. The molecule has 1 rings (SSSR count). The molecule has 0 aliphatic heterocycles. The average molecular weight is 234 g/mol. The van der Waals surface area contributed by atoms with Crippen molar-refractivity contribution in [1.29, 1.82) is 0 Å². The summed E-state index contributed by atoms with van der Waals surface area (Å²) in [5.74, 6) is -0.581. The van der Waals surface area contributed by atoms with Gasteiger partial charge in [0.1, 0.15) is 20.8 Å². The van der Waals surface area contributed by atoms with E-state index in [1.165, 1.54) is 6.07 Å². The Balaban J connectivity index is 2.96. The van der Waals surface area contributed by atoms with Gasteiger partial charge >= 0.3 is 5.97 Å². The number of para-hydroxylation sites is 1. The summed E-state index contributed by atoms with van der Waals surface area (Å²) in [6, 6.07) is 6.64. The van der Waals surface area contributed by atoms with Gasteiger partial charge in [-0.15, -0.1) is 12.3 Å². The van der Waals surface area contributed by atoms with Gasteiger partial charge in [0.15, 0.2) is 0 Å². The topological polar surface area (TPSA) is 46.5 Å². The van der Waals surface area contributed by atoms with Crippen LogP contribution in [-0.2, 0) is 0 Å². The maximum atomic E-state index is 11.0. The van der Waals surface area contributed by atoms with E-state index in [0.29, 0.717) is 15.3 Å². The zero-order valence-electron chi connectivity index (χ0n) is 9.36. The van der Waals surface area contributed by atoms with Crippen LogP contribution in [0.15, 0.2) is 36.5 Å². The second-order valence-corrected chi connectivity index (χ2v) is 5.66. The van der Waals surface area contributed by atoms with Gasteiger partial charge in [-0.1, -0.05) is 12.1 Å². The van der Waals surface area contributed by atoms with Crippen LogP contribution in [0.5, 0.6) is 5.75 Å². The third kappa shape index (κ3) is 3.24. The summed E-state index contributed by atoms with van der Waals surface area (Å²) < 4.78 is 5.69. The third-order valence-corrected chi connectivity index (χ3v) is 2.93. The molecule has 0 heterocycles. The molecule has 4 heteroatoms. The van der Waals surface area contributed by atoms with Gasteiger partial charge in [0, 0.05) is 0 Å². The molecule has 0 fully saturated rings. The van der Waals surface area contributed by atoms with E-state index in [1.807, 2.05) is 13.8 Å². The Morgan fingerprint density at radius 2 is 2.12 bits per heavy atom. The molecule has 0 aliphatic rings. The van der Waals surface area contributed by atoms with E-state index in [-0.39, 0.29) is 5.56 Å². The fourth-order valence-corrected chi connectivity index (χ4v) is 1.94. The molecule has 1 aromatic rings. The molecule has 84 valence electrons. The fraction of sp³-hybridized carbons (Fsp3) is 0.250. The van der Waals surface area contributed by atoms with Crippen molar-refractivity contribution in [3.63, 3.8) is 0 Å². The van der Waals surface area contributed by atoms with Crippen molar-refractivity contribution in [3.05, 3.63) is 42.1 Å². The van der Waals surface area contributed by atoms with Gasteiger partial charge in [0.2, 0.25) is 0 Å². The highest BCUT2D eigenvalue weighted by atomic mass is 28.2. The van der Waals surface area contributed by atoms with Crippen molar-refractivity contribution in [3.8, 4) is 5.75 Å². The Morgan fingerprint density at radius 3 is 2.69 bits per heavy atom. The standard InChI is InChI=1S/C12H14O3Si/c1-4-16-12(2,3)15-10-8-6-5-7-9(10)11(13)14/h4-8H,1H2,2-3H3,(H,13,14). The monoisotopic (exact) mass is 234 g/mol. The van der Waals surface area contributed by atoms with Crippen LogP contribution in [-0.4, -0.2) is 25.8 Å². The molecule has 0 unspecified atom stereocenters. The number of ether oxygens (including phenoxy) is 1. The largest absolute Gasteiger partial charge is 0.491 e. The van der Waals surface area contributed by atoms with Crippen molar-refractivity contribution in [2.24, 2.45) is 0 Å². The molecule has 0 spiro atoms. The SMILES string of the molecule is C=C[Si]C(C)(C)Oc1ccccc1C(=O)O. The first kappa shape index (κ1) is 12.5. The third-order valence-electron chi connectivity index (χ3n) is 1.93. The Kier molecular flexibility index (Phi) is 3.90. The maximum Gasteiger partial charge on any atom is 0.339 e. The number of rotatable bonds is 5. The molecule has 16 heavy (non-hydrogen) atoms. The molecule has 0 saturated heterocycles. The van der Waals surface area contributed by atoms with Crippen molar-refractivity contribution < 1.29 is 14.6 Å². The molecule has 0 atom stereocenters. The summed E-state index contributed by atoms with van der Waals surface area (Å²) in [4.78, 5) is 11.0. The summed E-state index contributed by atoms with van der Waals surface area (Å²) >= 11 is 0. The Labute approximate surface area is 97.6 Å². The molecule has 0 saturated carbocycles. The summed E-state index contributed by atoms with van der Waals surface area (Å²) in [6.45, 7) is 7.48. The van der Waals surface area contributed by atoms with Gasteiger partial charge in [-0.2, -0.15) is 0 Å². The van der Waals surface area contributed by atoms with Crippen molar-refractivity contribution >= 4 is 15.5 Å². The van der Waals surface area contributed by atoms with Gasteiger partial charge in [-0.3, -0.25) is 0 Å². The Bertz CT molecular complexity index is 399. The van der Waals surface area contributed by atoms with E-state index in [0.717, 1.165) is 0 Å². The van der Waals surface area contributed by atoms with Gasteiger partial charge in [-0.25, -0.2) is 4.79 Å². The summed E-state index contributed by atoms with van der Waals surface area (Å²) in [7, 11) is 0.406. The smallest absolute Gasteiger partial charge is 0.339 e. The van der Waals surface area contributed by atoms with Crippen molar-refractivity contribution in [1.82, 2.24) is 0 Å². The van der Waals surface area contributed by atoms with Crippen LogP contribution in [0.25, 0.3) is 0 Å². The van der Waals surface area contributed by atoms with E-state index in [2.05, 4.69) is 6.58 Å². The average Bonchev–Trinajstić information content (AvgIpc) is 2.17. The number of benzene rings is 1. The summed E-state index contributed by atoms with van der Waals surface area (Å²) in [5, 5.41) is 8.57. The molecule has 3 nitrogen and oxygen atoms in total. The van der Waals surface area contributed by atoms with Crippen LogP contribution in [0.2, 0.25) is 0 Å². The first-order chi connectivity index (χ1) is 7.46. The highest BCUT2D eigenvalue weighted by Crippen LogP contribution is 2.22. The number of carbonyl (C=O) groups is 1. The lowest BCUT2D eigenvalue weighted by atomic mass is 10.2. The molecule has 1 aromatic carbocycles. The van der Waals surface area contributed by atoms with Gasteiger partial charge in [0.25, 0.3) is 0 Å². The summed E-state index contributed by atoms with van der Waals surface area (Å²) in [5.41, 5.74) is 1.97.